The normalized spacial score (nSPS) is 15.4. The fraction of sp³-hybridized carbons (Fsp3) is 0.333. The Bertz CT molecular complexity index is 713. The maximum Gasteiger partial charge on any atom is 0.283 e. The Kier molecular flexibility index (Phi) is 5.50. The number of nitrogens with zero attached hydrogens (tertiary/aromatic N) is 1. The molecule has 0 radical (unpaired) electrons. The number of quaternary nitrogens is 1. The van der Waals surface area contributed by atoms with Crippen LogP contribution in [0.25, 0.3) is 0 Å². The predicted octanol–water partition coefficient (Wildman–Crippen LogP) is 2.47. The summed E-state index contributed by atoms with van der Waals surface area (Å²) in [5, 5.41) is 11.5. The Morgan fingerprint density at radius 2 is 1.88 bits per heavy atom. The predicted molar refractivity (Wildman–Crippen MR) is 93.6 cm³/mol. The van der Waals surface area contributed by atoms with Crippen LogP contribution in [-0.4, -0.2) is 31.2 Å². The molecule has 0 bridgehead atoms. The van der Waals surface area contributed by atoms with Crippen LogP contribution in [0.4, 0.5) is 5.69 Å². The van der Waals surface area contributed by atoms with Crippen LogP contribution in [0.1, 0.15) is 11.1 Å². The van der Waals surface area contributed by atoms with Gasteiger partial charge in [0, 0.05) is 16.5 Å². The van der Waals surface area contributed by atoms with Crippen LogP contribution in [0.3, 0.4) is 0 Å². The Morgan fingerprint density at radius 1 is 1.17 bits per heavy atom. The van der Waals surface area contributed by atoms with Crippen molar-refractivity contribution in [3.8, 4) is 0 Å². The summed E-state index contributed by atoms with van der Waals surface area (Å²) in [6.45, 7) is 6.26. The second-order valence-electron chi connectivity index (χ2n) is 6.01. The van der Waals surface area contributed by atoms with Crippen molar-refractivity contribution in [3.63, 3.8) is 0 Å². The summed E-state index contributed by atoms with van der Waals surface area (Å²) in [5.41, 5.74) is 2.37. The van der Waals surface area contributed by atoms with Gasteiger partial charge in [0.1, 0.15) is 19.6 Å². The van der Waals surface area contributed by atoms with E-state index in [0.717, 1.165) is 43.3 Å². The SMILES string of the molecule is Cc1ccc(Sc2ccc(C[NH+]3CCOCC3)cc2[N+](=O)[O-])cc1. The minimum Gasteiger partial charge on any atom is -0.370 e. The van der Waals surface area contributed by atoms with Crippen molar-refractivity contribution in [1.82, 2.24) is 0 Å². The van der Waals surface area contributed by atoms with E-state index in [0.29, 0.717) is 4.90 Å². The van der Waals surface area contributed by atoms with Crippen molar-refractivity contribution in [2.24, 2.45) is 0 Å². The van der Waals surface area contributed by atoms with E-state index in [4.69, 9.17) is 4.74 Å². The molecule has 126 valence electrons. The molecule has 1 aliphatic rings. The van der Waals surface area contributed by atoms with E-state index in [1.807, 2.05) is 43.3 Å². The van der Waals surface area contributed by atoms with Crippen molar-refractivity contribution >= 4 is 17.4 Å². The zero-order valence-electron chi connectivity index (χ0n) is 13.7. The molecule has 1 N–H and O–H groups in total. The minimum absolute atomic E-state index is 0.186. The maximum absolute atomic E-state index is 11.5. The lowest BCUT2D eigenvalue weighted by molar-refractivity contribution is -0.921. The number of aryl methyl sites for hydroxylation is 1. The Labute approximate surface area is 145 Å². The summed E-state index contributed by atoms with van der Waals surface area (Å²) >= 11 is 1.44. The van der Waals surface area contributed by atoms with Crippen molar-refractivity contribution in [2.45, 2.75) is 23.3 Å². The van der Waals surface area contributed by atoms with Gasteiger partial charge in [0.15, 0.2) is 0 Å². The first-order valence-corrected chi connectivity index (χ1v) is 8.86. The first-order valence-electron chi connectivity index (χ1n) is 8.05. The molecule has 0 atom stereocenters. The second-order valence-corrected chi connectivity index (χ2v) is 7.13. The number of rotatable bonds is 5. The molecule has 2 aromatic carbocycles. The lowest BCUT2D eigenvalue weighted by Gasteiger charge is -2.23. The van der Waals surface area contributed by atoms with E-state index in [2.05, 4.69) is 0 Å². The molecule has 0 amide bonds. The summed E-state index contributed by atoms with van der Waals surface area (Å²) in [7, 11) is 0. The van der Waals surface area contributed by atoms with E-state index in [1.165, 1.54) is 22.2 Å². The molecule has 0 aromatic heterocycles. The van der Waals surface area contributed by atoms with E-state index < -0.39 is 0 Å². The highest BCUT2D eigenvalue weighted by molar-refractivity contribution is 7.99. The third-order valence-electron chi connectivity index (χ3n) is 4.12. The van der Waals surface area contributed by atoms with Crippen LogP contribution < -0.4 is 4.90 Å². The summed E-state index contributed by atoms with van der Waals surface area (Å²) in [6, 6.07) is 13.6. The molecular formula is C18H21N2O3S+. The smallest absolute Gasteiger partial charge is 0.283 e. The third-order valence-corrected chi connectivity index (χ3v) is 5.20. The molecule has 0 unspecified atom stereocenters. The van der Waals surface area contributed by atoms with Gasteiger partial charge in [0.05, 0.1) is 23.0 Å². The number of nitro benzene ring substituents is 1. The van der Waals surface area contributed by atoms with Gasteiger partial charge in [0.25, 0.3) is 5.69 Å². The molecule has 0 saturated carbocycles. The summed E-state index contributed by atoms with van der Waals surface area (Å²) in [5.74, 6) is 0. The Morgan fingerprint density at radius 3 is 2.54 bits per heavy atom. The number of hydrogen-bond donors (Lipinski definition) is 1. The molecule has 24 heavy (non-hydrogen) atoms. The standard InChI is InChI=1S/C18H20N2O3S/c1-14-2-5-16(6-3-14)24-18-7-4-15(12-17(18)20(21)22)13-19-8-10-23-11-9-19/h2-7,12H,8-11,13H2,1H3/p+1. The van der Waals surface area contributed by atoms with Gasteiger partial charge in [-0.1, -0.05) is 35.5 Å². The van der Waals surface area contributed by atoms with E-state index in [-0.39, 0.29) is 10.6 Å². The molecule has 6 heteroatoms. The van der Waals surface area contributed by atoms with Crippen molar-refractivity contribution in [1.29, 1.82) is 0 Å². The van der Waals surface area contributed by atoms with Gasteiger partial charge in [-0.05, 0) is 25.1 Å². The van der Waals surface area contributed by atoms with Gasteiger partial charge in [-0.25, -0.2) is 0 Å². The van der Waals surface area contributed by atoms with Gasteiger partial charge in [-0.15, -0.1) is 0 Å². The molecule has 3 rings (SSSR count). The van der Waals surface area contributed by atoms with Gasteiger partial charge in [0.2, 0.25) is 0 Å². The molecule has 5 nitrogen and oxygen atoms in total. The van der Waals surface area contributed by atoms with Crippen molar-refractivity contribution in [3.05, 3.63) is 63.7 Å². The zero-order chi connectivity index (χ0) is 16.9. The third kappa shape index (κ3) is 4.35. The number of ether oxygens (including phenoxy) is 1. The van der Waals surface area contributed by atoms with Crippen LogP contribution in [0.15, 0.2) is 52.3 Å². The first-order chi connectivity index (χ1) is 11.6. The Hall–Kier alpha value is -1.89. The van der Waals surface area contributed by atoms with Gasteiger partial charge in [-0.3, -0.25) is 10.1 Å². The number of nitro groups is 1. The number of benzene rings is 2. The molecule has 2 aromatic rings. The largest absolute Gasteiger partial charge is 0.370 e. The number of morpholine rings is 1. The molecular weight excluding hydrogens is 324 g/mol. The zero-order valence-corrected chi connectivity index (χ0v) is 14.5. The molecule has 1 saturated heterocycles. The number of hydrogen-bond acceptors (Lipinski definition) is 4. The van der Waals surface area contributed by atoms with Crippen LogP contribution in [0.2, 0.25) is 0 Å². The summed E-state index contributed by atoms with van der Waals surface area (Å²) in [6.07, 6.45) is 0. The molecule has 0 aliphatic carbocycles. The highest BCUT2D eigenvalue weighted by Gasteiger charge is 2.19. The van der Waals surface area contributed by atoms with Crippen LogP contribution in [0.5, 0.6) is 0 Å². The molecule has 1 fully saturated rings. The second kappa shape index (κ2) is 7.79. The van der Waals surface area contributed by atoms with E-state index in [1.54, 1.807) is 6.07 Å². The fourth-order valence-electron chi connectivity index (χ4n) is 2.76. The van der Waals surface area contributed by atoms with Crippen LogP contribution in [-0.2, 0) is 11.3 Å². The van der Waals surface area contributed by atoms with Gasteiger partial charge < -0.3 is 9.64 Å². The lowest BCUT2D eigenvalue weighted by atomic mass is 10.2. The van der Waals surface area contributed by atoms with Gasteiger partial charge in [-0.2, -0.15) is 0 Å². The monoisotopic (exact) mass is 345 g/mol. The van der Waals surface area contributed by atoms with Crippen molar-refractivity contribution in [2.75, 3.05) is 26.3 Å². The maximum atomic E-state index is 11.5. The highest BCUT2D eigenvalue weighted by atomic mass is 32.2. The fourth-order valence-corrected chi connectivity index (χ4v) is 3.66. The minimum atomic E-state index is -0.283. The average molecular weight is 345 g/mol. The Balaban J connectivity index is 1.79. The van der Waals surface area contributed by atoms with Crippen molar-refractivity contribution < 1.29 is 14.6 Å². The molecule has 1 aliphatic heterocycles. The van der Waals surface area contributed by atoms with Crippen LogP contribution in [0, 0.1) is 17.0 Å². The topological polar surface area (TPSA) is 56.8 Å². The van der Waals surface area contributed by atoms with E-state index in [9.17, 15) is 10.1 Å². The van der Waals surface area contributed by atoms with E-state index >= 15 is 0 Å². The highest BCUT2D eigenvalue weighted by Crippen LogP contribution is 2.35. The first kappa shape index (κ1) is 17.0. The van der Waals surface area contributed by atoms with Gasteiger partial charge >= 0.3 is 0 Å². The average Bonchev–Trinajstić information content (AvgIpc) is 2.59. The molecule has 1 heterocycles. The number of nitrogens with one attached hydrogen (secondary N) is 1. The lowest BCUT2D eigenvalue weighted by Crippen LogP contribution is -3.12. The quantitative estimate of drug-likeness (QED) is 0.668. The molecule has 0 spiro atoms. The van der Waals surface area contributed by atoms with Crippen LogP contribution >= 0.6 is 11.8 Å². The summed E-state index contributed by atoms with van der Waals surface area (Å²) < 4.78 is 5.36. The summed E-state index contributed by atoms with van der Waals surface area (Å²) in [4.78, 5) is 14.3.